The van der Waals surface area contributed by atoms with Crippen LogP contribution in [0.15, 0.2) is 23.8 Å². The monoisotopic (exact) mass is 265 g/mol. The molecule has 4 nitrogen and oxygen atoms in total. The zero-order valence-electron chi connectivity index (χ0n) is 10.1. The average Bonchev–Trinajstić information content (AvgIpc) is 2.36. The van der Waals surface area contributed by atoms with Crippen LogP contribution in [-0.2, 0) is 9.53 Å². The largest absolute Gasteiger partial charge is 0.496 e. The van der Waals surface area contributed by atoms with E-state index in [1.807, 2.05) is 0 Å². The molecule has 0 aliphatic heterocycles. The quantitative estimate of drug-likeness (QED) is 0.477. The summed E-state index contributed by atoms with van der Waals surface area (Å²) in [4.78, 5) is 11.5. The zero-order valence-corrected chi connectivity index (χ0v) is 10.8. The Hall–Kier alpha value is -1.99. The Morgan fingerprint density at radius 2 is 2.28 bits per heavy atom. The van der Waals surface area contributed by atoms with Crippen molar-refractivity contribution in [2.45, 2.75) is 6.92 Å². The summed E-state index contributed by atoms with van der Waals surface area (Å²) < 4.78 is 9.89. The third-order valence-electron chi connectivity index (χ3n) is 2.11. The number of rotatable bonds is 4. The molecule has 0 bridgehead atoms. The molecule has 1 rings (SSSR count). The second kappa shape index (κ2) is 6.67. The van der Waals surface area contributed by atoms with E-state index >= 15 is 0 Å². The molecule has 1 aromatic carbocycles. The van der Waals surface area contributed by atoms with Crippen molar-refractivity contribution in [1.29, 1.82) is 5.26 Å². The number of hydrogen-bond acceptors (Lipinski definition) is 4. The maximum atomic E-state index is 11.5. The number of methoxy groups -OCH3 is 1. The second-order valence-electron chi connectivity index (χ2n) is 3.28. The van der Waals surface area contributed by atoms with Gasteiger partial charge in [-0.05, 0) is 31.2 Å². The molecule has 0 aliphatic rings. The molecule has 18 heavy (non-hydrogen) atoms. The van der Waals surface area contributed by atoms with Gasteiger partial charge in [-0.1, -0.05) is 11.6 Å². The Morgan fingerprint density at radius 1 is 1.56 bits per heavy atom. The fourth-order valence-electron chi connectivity index (χ4n) is 1.32. The molecule has 5 heteroatoms. The van der Waals surface area contributed by atoms with E-state index in [0.29, 0.717) is 16.3 Å². The normalized spacial score (nSPS) is 10.7. The van der Waals surface area contributed by atoms with Gasteiger partial charge in [0.1, 0.15) is 17.4 Å². The fraction of sp³-hybridized carbons (Fsp3) is 0.231. The molecule has 1 aromatic rings. The summed E-state index contributed by atoms with van der Waals surface area (Å²) in [6.45, 7) is 1.89. The smallest absolute Gasteiger partial charge is 0.348 e. The van der Waals surface area contributed by atoms with Crippen molar-refractivity contribution in [3.63, 3.8) is 0 Å². The molecule has 0 radical (unpaired) electrons. The lowest BCUT2D eigenvalue weighted by Gasteiger charge is -2.06. The van der Waals surface area contributed by atoms with Gasteiger partial charge < -0.3 is 9.47 Å². The van der Waals surface area contributed by atoms with Crippen LogP contribution in [-0.4, -0.2) is 19.7 Å². The van der Waals surface area contributed by atoms with Crippen molar-refractivity contribution >= 4 is 23.6 Å². The van der Waals surface area contributed by atoms with Crippen LogP contribution in [0.3, 0.4) is 0 Å². The van der Waals surface area contributed by atoms with Crippen LogP contribution >= 0.6 is 11.6 Å². The van der Waals surface area contributed by atoms with Crippen LogP contribution in [0.4, 0.5) is 0 Å². The molecule has 0 saturated carbocycles. The number of nitriles is 1. The molecule has 94 valence electrons. The van der Waals surface area contributed by atoms with Crippen LogP contribution in [0.2, 0.25) is 5.02 Å². The minimum Gasteiger partial charge on any atom is -0.496 e. The predicted octanol–water partition coefficient (Wildman–Crippen LogP) is 2.82. The highest BCUT2D eigenvalue weighted by Crippen LogP contribution is 2.25. The Bertz CT molecular complexity index is 517. The summed E-state index contributed by atoms with van der Waals surface area (Å²) in [6, 6.07) is 6.72. The van der Waals surface area contributed by atoms with Crippen molar-refractivity contribution in [1.82, 2.24) is 0 Å². The molecule has 0 N–H and O–H groups in total. The number of hydrogen-bond donors (Lipinski definition) is 0. The Labute approximate surface area is 110 Å². The molecule has 0 fully saturated rings. The van der Waals surface area contributed by atoms with E-state index in [1.165, 1.54) is 13.2 Å². The van der Waals surface area contributed by atoms with Gasteiger partial charge in [0.15, 0.2) is 0 Å². The minimum atomic E-state index is -0.665. The van der Waals surface area contributed by atoms with Gasteiger partial charge in [0, 0.05) is 10.6 Å². The molecule has 0 spiro atoms. The molecule has 0 aromatic heterocycles. The maximum Gasteiger partial charge on any atom is 0.348 e. The summed E-state index contributed by atoms with van der Waals surface area (Å²) in [5.41, 5.74) is 0.451. The summed E-state index contributed by atoms with van der Waals surface area (Å²) in [5, 5.41) is 9.41. The highest BCUT2D eigenvalue weighted by molar-refractivity contribution is 6.30. The highest BCUT2D eigenvalue weighted by atomic mass is 35.5. The van der Waals surface area contributed by atoms with Crippen LogP contribution in [0.25, 0.3) is 6.08 Å². The van der Waals surface area contributed by atoms with Crippen LogP contribution < -0.4 is 4.74 Å². The van der Waals surface area contributed by atoms with Crippen molar-refractivity contribution in [3.8, 4) is 11.8 Å². The molecule has 0 saturated heterocycles. The number of carbonyl (C=O) groups is 1. The summed E-state index contributed by atoms with van der Waals surface area (Å²) in [5.74, 6) is -0.140. The first kappa shape index (κ1) is 14.1. The van der Waals surface area contributed by atoms with E-state index in [2.05, 4.69) is 0 Å². The van der Waals surface area contributed by atoms with Crippen LogP contribution in [0.1, 0.15) is 12.5 Å². The highest BCUT2D eigenvalue weighted by Gasteiger charge is 2.11. The van der Waals surface area contributed by atoms with E-state index in [9.17, 15) is 4.79 Å². The summed E-state index contributed by atoms with van der Waals surface area (Å²) in [6.07, 6.45) is 1.39. The third kappa shape index (κ3) is 3.51. The van der Waals surface area contributed by atoms with Gasteiger partial charge in [0.2, 0.25) is 0 Å². The molecule has 0 aliphatic carbocycles. The van der Waals surface area contributed by atoms with Crippen molar-refractivity contribution < 1.29 is 14.3 Å². The second-order valence-corrected chi connectivity index (χ2v) is 3.71. The van der Waals surface area contributed by atoms with Crippen molar-refractivity contribution in [2.24, 2.45) is 0 Å². The fourth-order valence-corrected chi connectivity index (χ4v) is 1.50. The van der Waals surface area contributed by atoms with Gasteiger partial charge in [0.05, 0.1) is 13.7 Å². The van der Waals surface area contributed by atoms with E-state index in [-0.39, 0.29) is 12.2 Å². The van der Waals surface area contributed by atoms with E-state index in [1.54, 1.807) is 31.2 Å². The van der Waals surface area contributed by atoms with Crippen molar-refractivity contribution in [2.75, 3.05) is 13.7 Å². The summed E-state index contributed by atoms with van der Waals surface area (Å²) >= 11 is 5.86. The number of ether oxygens (including phenoxy) is 2. The Kier molecular flexibility index (Phi) is 5.22. The van der Waals surface area contributed by atoms with E-state index < -0.39 is 5.97 Å². The SMILES string of the molecule is CCOC(=O)/C(C#N)=C\c1cc(Cl)ccc1OC. The maximum absolute atomic E-state index is 11.5. The first-order valence-corrected chi connectivity index (χ1v) is 5.62. The van der Waals surface area contributed by atoms with E-state index in [4.69, 9.17) is 26.3 Å². The Balaban J connectivity index is 3.17. The first-order valence-electron chi connectivity index (χ1n) is 5.24. The zero-order chi connectivity index (χ0) is 13.5. The Morgan fingerprint density at radius 3 is 2.83 bits per heavy atom. The number of nitrogens with zero attached hydrogens (tertiary/aromatic N) is 1. The van der Waals surface area contributed by atoms with Gasteiger partial charge in [-0.15, -0.1) is 0 Å². The molecule has 0 heterocycles. The number of halogens is 1. The van der Waals surface area contributed by atoms with Crippen molar-refractivity contribution in [3.05, 3.63) is 34.4 Å². The lowest BCUT2D eigenvalue weighted by atomic mass is 10.1. The van der Waals surface area contributed by atoms with Crippen LogP contribution in [0, 0.1) is 11.3 Å². The minimum absolute atomic E-state index is 0.0996. The van der Waals surface area contributed by atoms with E-state index in [0.717, 1.165) is 0 Å². The van der Waals surface area contributed by atoms with Gasteiger partial charge >= 0.3 is 5.97 Å². The van der Waals surface area contributed by atoms with Gasteiger partial charge in [-0.25, -0.2) is 4.79 Å². The predicted molar refractivity (Wildman–Crippen MR) is 68.2 cm³/mol. The number of benzene rings is 1. The molecule has 0 unspecified atom stereocenters. The van der Waals surface area contributed by atoms with Gasteiger partial charge in [-0.2, -0.15) is 5.26 Å². The molecule has 0 amide bonds. The summed E-state index contributed by atoms with van der Waals surface area (Å²) in [7, 11) is 1.50. The standard InChI is InChI=1S/C13H12ClNO3/c1-3-18-13(16)10(8-15)6-9-7-11(14)4-5-12(9)17-2/h4-7H,3H2,1-2H3/b10-6-. The lowest BCUT2D eigenvalue weighted by Crippen LogP contribution is -2.06. The topological polar surface area (TPSA) is 59.3 Å². The van der Waals surface area contributed by atoms with Gasteiger partial charge in [-0.3, -0.25) is 0 Å². The van der Waals surface area contributed by atoms with Crippen LogP contribution in [0.5, 0.6) is 5.75 Å². The molecular formula is C13H12ClNO3. The number of esters is 1. The number of carbonyl (C=O) groups excluding carboxylic acids is 1. The third-order valence-corrected chi connectivity index (χ3v) is 2.34. The molecule has 0 atom stereocenters. The first-order chi connectivity index (χ1) is 8.62. The molecular weight excluding hydrogens is 254 g/mol. The lowest BCUT2D eigenvalue weighted by molar-refractivity contribution is -0.137. The average molecular weight is 266 g/mol. The van der Waals surface area contributed by atoms with Gasteiger partial charge in [0.25, 0.3) is 0 Å².